The lowest BCUT2D eigenvalue weighted by Crippen LogP contribution is -2.42. The Hall–Kier alpha value is -2.37. The Morgan fingerprint density at radius 2 is 2.00 bits per heavy atom. The molecule has 3 rings (SSSR count). The van der Waals surface area contributed by atoms with Crippen molar-refractivity contribution in [1.29, 1.82) is 0 Å². The van der Waals surface area contributed by atoms with Gasteiger partial charge in [-0.15, -0.1) is 0 Å². The molecular weight excluding hydrogens is 306 g/mol. The van der Waals surface area contributed by atoms with Crippen LogP contribution in [0.3, 0.4) is 0 Å². The molecule has 0 saturated carbocycles. The number of aromatic nitrogens is 2. The summed E-state index contributed by atoms with van der Waals surface area (Å²) in [5, 5.41) is 3.81. The van der Waals surface area contributed by atoms with Gasteiger partial charge in [-0.3, -0.25) is 4.79 Å². The van der Waals surface area contributed by atoms with Crippen LogP contribution < -0.4 is 4.74 Å². The number of hydrogen-bond acceptors (Lipinski definition) is 5. The van der Waals surface area contributed by atoms with E-state index in [1.54, 1.807) is 13.0 Å². The topological polar surface area (TPSA) is 68.5 Å². The van der Waals surface area contributed by atoms with Gasteiger partial charge in [0.15, 0.2) is 6.61 Å². The summed E-state index contributed by atoms with van der Waals surface area (Å²) in [5.74, 6) is 2.58. The maximum Gasteiger partial charge on any atom is 0.257 e. The third kappa shape index (κ3) is 3.75. The predicted molar refractivity (Wildman–Crippen MR) is 88.7 cm³/mol. The number of para-hydroxylation sites is 1. The van der Waals surface area contributed by atoms with Gasteiger partial charge in [-0.1, -0.05) is 31.1 Å². The van der Waals surface area contributed by atoms with Crippen LogP contribution in [0.25, 0.3) is 0 Å². The fourth-order valence-corrected chi connectivity index (χ4v) is 3.31. The molecule has 2 heterocycles. The molecule has 2 aromatic rings. The number of piperidine rings is 1. The molecule has 1 aliphatic heterocycles. The number of amides is 1. The molecule has 1 amide bonds. The molecule has 1 aliphatic rings. The fraction of sp³-hybridized carbons (Fsp3) is 0.500. The summed E-state index contributed by atoms with van der Waals surface area (Å²) < 4.78 is 10.7. The number of nitrogens with zero attached hydrogens (tertiary/aromatic N) is 3. The highest BCUT2D eigenvalue weighted by Gasteiger charge is 2.27. The van der Waals surface area contributed by atoms with E-state index in [2.05, 4.69) is 24.0 Å². The van der Waals surface area contributed by atoms with E-state index in [-0.39, 0.29) is 12.5 Å². The Labute approximate surface area is 141 Å². The van der Waals surface area contributed by atoms with E-state index in [9.17, 15) is 4.79 Å². The Morgan fingerprint density at radius 3 is 2.67 bits per heavy atom. The van der Waals surface area contributed by atoms with Crippen molar-refractivity contribution in [3.8, 4) is 5.75 Å². The maximum atomic E-state index is 12.9. The van der Waals surface area contributed by atoms with Crippen molar-refractivity contribution in [2.75, 3.05) is 13.1 Å². The number of rotatable bonds is 4. The lowest BCUT2D eigenvalue weighted by molar-refractivity contribution is 0.0618. The molecule has 1 fully saturated rings. The van der Waals surface area contributed by atoms with Gasteiger partial charge in [-0.2, -0.15) is 4.98 Å². The minimum Gasteiger partial charge on any atom is -0.485 e. The van der Waals surface area contributed by atoms with Crippen LogP contribution >= 0.6 is 0 Å². The average molecular weight is 329 g/mol. The van der Waals surface area contributed by atoms with E-state index < -0.39 is 0 Å². The molecule has 0 aliphatic carbocycles. The summed E-state index contributed by atoms with van der Waals surface area (Å²) >= 11 is 0. The van der Waals surface area contributed by atoms with Crippen LogP contribution in [0.1, 0.15) is 42.3 Å². The van der Waals surface area contributed by atoms with Crippen LogP contribution in [0.15, 0.2) is 28.8 Å². The van der Waals surface area contributed by atoms with Gasteiger partial charge >= 0.3 is 0 Å². The van der Waals surface area contributed by atoms with Gasteiger partial charge in [0.05, 0.1) is 5.56 Å². The SMILES string of the molecule is Cc1nc(COc2ccccc2C(=O)N2CC(C)CC(C)C2)no1. The van der Waals surface area contributed by atoms with Crippen LogP contribution in [0.4, 0.5) is 0 Å². The maximum absolute atomic E-state index is 12.9. The van der Waals surface area contributed by atoms with Crippen molar-refractivity contribution in [3.63, 3.8) is 0 Å². The number of carbonyl (C=O) groups excluding carboxylic acids is 1. The first-order valence-electron chi connectivity index (χ1n) is 8.33. The van der Waals surface area contributed by atoms with Gasteiger partial charge < -0.3 is 14.2 Å². The highest BCUT2D eigenvalue weighted by atomic mass is 16.5. The van der Waals surface area contributed by atoms with Crippen LogP contribution in [0.5, 0.6) is 5.75 Å². The Morgan fingerprint density at radius 1 is 1.29 bits per heavy atom. The van der Waals surface area contributed by atoms with Gasteiger partial charge in [0, 0.05) is 20.0 Å². The predicted octanol–water partition coefficient (Wildman–Crippen LogP) is 3.08. The van der Waals surface area contributed by atoms with Crippen molar-refractivity contribution in [3.05, 3.63) is 41.5 Å². The van der Waals surface area contributed by atoms with Gasteiger partial charge in [0.2, 0.25) is 11.7 Å². The van der Waals surface area contributed by atoms with E-state index in [0.717, 1.165) is 13.1 Å². The van der Waals surface area contributed by atoms with Crippen LogP contribution in [-0.4, -0.2) is 34.0 Å². The number of likely N-dealkylation sites (tertiary alicyclic amines) is 1. The zero-order valence-corrected chi connectivity index (χ0v) is 14.4. The second kappa shape index (κ2) is 7.03. The van der Waals surface area contributed by atoms with Gasteiger partial charge in [0.1, 0.15) is 5.75 Å². The van der Waals surface area contributed by atoms with E-state index >= 15 is 0 Å². The first-order chi connectivity index (χ1) is 11.5. The molecule has 0 bridgehead atoms. The number of aryl methyl sites for hydroxylation is 1. The lowest BCUT2D eigenvalue weighted by Gasteiger charge is -2.35. The fourth-order valence-electron chi connectivity index (χ4n) is 3.31. The first-order valence-corrected chi connectivity index (χ1v) is 8.33. The summed E-state index contributed by atoms with van der Waals surface area (Å²) in [6.07, 6.45) is 1.17. The smallest absolute Gasteiger partial charge is 0.257 e. The van der Waals surface area contributed by atoms with E-state index in [0.29, 0.717) is 34.9 Å². The molecule has 1 saturated heterocycles. The molecule has 128 valence electrons. The lowest BCUT2D eigenvalue weighted by atomic mass is 9.91. The van der Waals surface area contributed by atoms with E-state index in [1.165, 1.54) is 6.42 Å². The third-order valence-electron chi connectivity index (χ3n) is 4.20. The summed E-state index contributed by atoms with van der Waals surface area (Å²) in [4.78, 5) is 19.0. The van der Waals surface area contributed by atoms with Crippen molar-refractivity contribution < 1.29 is 14.1 Å². The minimum absolute atomic E-state index is 0.0216. The molecule has 0 radical (unpaired) electrons. The minimum atomic E-state index is 0.0216. The normalized spacial score (nSPS) is 20.9. The van der Waals surface area contributed by atoms with Gasteiger partial charge in [0.25, 0.3) is 5.91 Å². The highest BCUT2D eigenvalue weighted by molar-refractivity contribution is 5.97. The number of benzene rings is 1. The largest absolute Gasteiger partial charge is 0.485 e. The standard InChI is InChI=1S/C18H23N3O3/c1-12-8-13(2)10-21(9-12)18(22)15-6-4-5-7-16(15)23-11-17-19-14(3)24-20-17/h4-7,12-13H,8-11H2,1-3H3. The number of carbonyl (C=O) groups is 1. The molecule has 6 heteroatoms. The van der Waals surface area contributed by atoms with Crippen molar-refractivity contribution in [2.24, 2.45) is 11.8 Å². The van der Waals surface area contributed by atoms with Crippen molar-refractivity contribution in [2.45, 2.75) is 33.8 Å². The van der Waals surface area contributed by atoms with Crippen molar-refractivity contribution >= 4 is 5.91 Å². The molecule has 24 heavy (non-hydrogen) atoms. The van der Waals surface area contributed by atoms with Crippen LogP contribution in [-0.2, 0) is 6.61 Å². The second-order valence-electron chi connectivity index (χ2n) is 6.67. The zero-order chi connectivity index (χ0) is 17.1. The summed E-state index contributed by atoms with van der Waals surface area (Å²) in [7, 11) is 0. The summed E-state index contributed by atoms with van der Waals surface area (Å²) in [6, 6.07) is 7.32. The van der Waals surface area contributed by atoms with Gasteiger partial charge in [-0.25, -0.2) is 0 Å². The highest BCUT2D eigenvalue weighted by Crippen LogP contribution is 2.26. The van der Waals surface area contributed by atoms with E-state index in [1.807, 2.05) is 23.1 Å². The molecule has 2 atom stereocenters. The van der Waals surface area contributed by atoms with Gasteiger partial charge in [-0.05, 0) is 30.4 Å². The molecule has 0 spiro atoms. The van der Waals surface area contributed by atoms with Crippen LogP contribution in [0.2, 0.25) is 0 Å². The summed E-state index contributed by atoms with van der Waals surface area (Å²) in [6.45, 7) is 7.87. The third-order valence-corrected chi connectivity index (χ3v) is 4.20. The zero-order valence-electron chi connectivity index (χ0n) is 14.4. The molecular formula is C18H23N3O3. The van der Waals surface area contributed by atoms with Crippen LogP contribution in [0, 0.1) is 18.8 Å². The molecule has 1 aromatic heterocycles. The summed E-state index contributed by atoms with van der Waals surface area (Å²) in [5.41, 5.74) is 0.582. The average Bonchev–Trinajstić information content (AvgIpc) is 2.97. The monoisotopic (exact) mass is 329 g/mol. The molecule has 0 N–H and O–H groups in total. The number of hydrogen-bond donors (Lipinski definition) is 0. The Balaban J connectivity index is 1.74. The number of ether oxygens (including phenoxy) is 1. The van der Waals surface area contributed by atoms with E-state index in [4.69, 9.17) is 9.26 Å². The molecule has 2 unspecified atom stereocenters. The first kappa shape index (κ1) is 16.5. The van der Waals surface area contributed by atoms with Crippen molar-refractivity contribution in [1.82, 2.24) is 15.0 Å². The quantitative estimate of drug-likeness (QED) is 0.862. The Bertz CT molecular complexity index is 703. The Kier molecular flexibility index (Phi) is 4.83. The second-order valence-corrected chi connectivity index (χ2v) is 6.67. The molecule has 1 aromatic carbocycles. The molecule has 6 nitrogen and oxygen atoms in total.